The molecule has 0 spiro atoms. The molecule has 1 N–H and O–H groups in total. The van der Waals surface area contributed by atoms with Crippen molar-refractivity contribution < 1.29 is 4.74 Å². The monoisotopic (exact) mass is 228 g/mol. The molecule has 0 saturated heterocycles. The molecule has 0 fully saturated rings. The number of nitriles is 1. The van der Waals surface area contributed by atoms with Crippen LogP contribution >= 0.6 is 0 Å². The average Bonchev–Trinajstić information content (AvgIpc) is 2.74. The van der Waals surface area contributed by atoms with Gasteiger partial charge in [-0.1, -0.05) is 0 Å². The Bertz CT molecular complexity index is 568. The summed E-state index contributed by atoms with van der Waals surface area (Å²) >= 11 is 0. The van der Waals surface area contributed by atoms with Crippen molar-refractivity contribution in [1.82, 2.24) is 9.78 Å². The number of hydrogen-bond acceptors (Lipinski definition) is 4. The van der Waals surface area contributed by atoms with E-state index in [1.807, 2.05) is 13.2 Å². The lowest BCUT2D eigenvalue weighted by Gasteiger charge is -2.07. The number of anilines is 2. The van der Waals surface area contributed by atoms with Gasteiger partial charge in [0.25, 0.3) is 0 Å². The van der Waals surface area contributed by atoms with E-state index >= 15 is 0 Å². The first-order chi connectivity index (χ1) is 8.22. The molecule has 2 rings (SSSR count). The molecule has 0 unspecified atom stereocenters. The Morgan fingerprint density at radius 1 is 1.47 bits per heavy atom. The number of aryl methyl sites for hydroxylation is 1. The van der Waals surface area contributed by atoms with E-state index in [9.17, 15) is 0 Å². The maximum Gasteiger partial charge on any atom is 0.121 e. The standard InChI is InChI=1S/C12H12N4O/c1-16-8-10(7-14-16)15-12-5-11(17-2)4-3-9(12)6-13/h3-5,7-8,15H,1-2H3. The minimum atomic E-state index is 0.564. The fourth-order valence-electron chi connectivity index (χ4n) is 1.49. The zero-order chi connectivity index (χ0) is 12.3. The third-order valence-electron chi connectivity index (χ3n) is 2.33. The number of methoxy groups -OCH3 is 1. The first kappa shape index (κ1) is 11.0. The predicted octanol–water partition coefficient (Wildman–Crippen LogP) is 2.04. The van der Waals surface area contributed by atoms with Crippen LogP contribution in [-0.2, 0) is 7.05 Å². The normalized spacial score (nSPS) is 9.71. The highest BCUT2D eigenvalue weighted by molar-refractivity contribution is 5.67. The van der Waals surface area contributed by atoms with E-state index in [-0.39, 0.29) is 0 Å². The highest BCUT2D eigenvalue weighted by Crippen LogP contribution is 2.25. The Morgan fingerprint density at radius 3 is 2.88 bits per heavy atom. The molecule has 0 radical (unpaired) electrons. The van der Waals surface area contributed by atoms with Crippen molar-refractivity contribution in [1.29, 1.82) is 5.26 Å². The largest absolute Gasteiger partial charge is 0.497 e. The van der Waals surface area contributed by atoms with Crippen LogP contribution < -0.4 is 10.1 Å². The molecule has 0 aliphatic heterocycles. The molecule has 0 saturated carbocycles. The van der Waals surface area contributed by atoms with Gasteiger partial charge in [0.15, 0.2) is 0 Å². The number of rotatable bonds is 3. The minimum absolute atomic E-state index is 0.564. The van der Waals surface area contributed by atoms with Crippen LogP contribution in [0.15, 0.2) is 30.6 Å². The fraction of sp³-hybridized carbons (Fsp3) is 0.167. The van der Waals surface area contributed by atoms with E-state index in [1.54, 1.807) is 36.2 Å². The predicted molar refractivity (Wildman–Crippen MR) is 64.2 cm³/mol. The Morgan fingerprint density at radius 2 is 2.29 bits per heavy atom. The molecule has 0 aliphatic carbocycles. The lowest BCUT2D eigenvalue weighted by Crippen LogP contribution is -1.94. The van der Waals surface area contributed by atoms with Crippen molar-refractivity contribution in [3.8, 4) is 11.8 Å². The molecule has 0 bridgehead atoms. The van der Waals surface area contributed by atoms with Crippen molar-refractivity contribution >= 4 is 11.4 Å². The Labute approximate surface area is 99.2 Å². The van der Waals surface area contributed by atoms with Crippen LogP contribution in [0.2, 0.25) is 0 Å². The summed E-state index contributed by atoms with van der Waals surface area (Å²) in [7, 11) is 3.43. The Balaban J connectivity index is 2.33. The van der Waals surface area contributed by atoms with Gasteiger partial charge < -0.3 is 10.1 Å². The van der Waals surface area contributed by atoms with Gasteiger partial charge >= 0.3 is 0 Å². The van der Waals surface area contributed by atoms with Crippen LogP contribution in [0, 0.1) is 11.3 Å². The molecule has 0 atom stereocenters. The van der Waals surface area contributed by atoms with Gasteiger partial charge in [-0.25, -0.2) is 0 Å². The molecule has 5 heteroatoms. The van der Waals surface area contributed by atoms with Gasteiger partial charge in [0, 0.05) is 19.3 Å². The molecular weight excluding hydrogens is 216 g/mol. The van der Waals surface area contributed by atoms with Crippen LogP contribution in [0.4, 0.5) is 11.4 Å². The van der Waals surface area contributed by atoms with Crippen molar-refractivity contribution in [3.05, 3.63) is 36.2 Å². The Hall–Kier alpha value is -2.48. The van der Waals surface area contributed by atoms with E-state index in [0.29, 0.717) is 17.0 Å². The molecule has 1 aromatic carbocycles. The van der Waals surface area contributed by atoms with Gasteiger partial charge in [-0.15, -0.1) is 0 Å². The quantitative estimate of drug-likeness (QED) is 0.873. The summed E-state index contributed by atoms with van der Waals surface area (Å²) in [5.41, 5.74) is 2.10. The molecule has 5 nitrogen and oxygen atoms in total. The molecule has 1 heterocycles. The van der Waals surface area contributed by atoms with Gasteiger partial charge in [0.2, 0.25) is 0 Å². The van der Waals surface area contributed by atoms with Crippen LogP contribution in [0.3, 0.4) is 0 Å². The summed E-state index contributed by atoms with van der Waals surface area (Å²) in [6, 6.07) is 7.39. The lowest BCUT2D eigenvalue weighted by atomic mass is 10.2. The minimum Gasteiger partial charge on any atom is -0.497 e. The first-order valence-electron chi connectivity index (χ1n) is 5.06. The number of aromatic nitrogens is 2. The van der Waals surface area contributed by atoms with Gasteiger partial charge in [0.05, 0.1) is 30.2 Å². The fourth-order valence-corrected chi connectivity index (χ4v) is 1.49. The number of ether oxygens (including phenoxy) is 1. The topological polar surface area (TPSA) is 62.9 Å². The summed E-state index contributed by atoms with van der Waals surface area (Å²) in [6.45, 7) is 0. The van der Waals surface area contributed by atoms with Crippen LogP contribution in [0.1, 0.15) is 5.56 Å². The summed E-state index contributed by atoms with van der Waals surface area (Å²) in [5.74, 6) is 0.704. The molecule has 1 aromatic heterocycles. The van der Waals surface area contributed by atoms with Gasteiger partial charge in [-0.05, 0) is 12.1 Å². The maximum absolute atomic E-state index is 9.01. The van der Waals surface area contributed by atoms with E-state index < -0.39 is 0 Å². The SMILES string of the molecule is COc1ccc(C#N)c(Nc2cnn(C)c2)c1. The molecule has 0 aliphatic rings. The zero-order valence-corrected chi connectivity index (χ0v) is 9.64. The van der Waals surface area contributed by atoms with Crippen molar-refractivity contribution in [2.75, 3.05) is 12.4 Å². The highest BCUT2D eigenvalue weighted by Gasteiger charge is 2.05. The van der Waals surface area contributed by atoms with E-state index in [2.05, 4.69) is 16.5 Å². The smallest absolute Gasteiger partial charge is 0.121 e. The maximum atomic E-state index is 9.01. The number of nitrogens with one attached hydrogen (secondary N) is 1. The summed E-state index contributed by atoms with van der Waals surface area (Å²) in [6.07, 6.45) is 3.53. The van der Waals surface area contributed by atoms with E-state index in [1.165, 1.54) is 0 Å². The van der Waals surface area contributed by atoms with Crippen molar-refractivity contribution in [2.24, 2.45) is 7.05 Å². The van der Waals surface area contributed by atoms with Gasteiger partial charge in [-0.2, -0.15) is 10.4 Å². The van der Waals surface area contributed by atoms with Crippen molar-refractivity contribution in [2.45, 2.75) is 0 Å². The van der Waals surface area contributed by atoms with E-state index in [0.717, 1.165) is 5.69 Å². The number of hydrogen-bond donors (Lipinski definition) is 1. The second-order valence-corrected chi connectivity index (χ2v) is 3.55. The average molecular weight is 228 g/mol. The first-order valence-corrected chi connectivity index (χ1v) is 5.06. The number of nitrogens with zero attached hydrogens (tertiary/aromatic N) is 3. The summed E-state index contributed by atoms with van der Waals surface area (Å²) < 4.78 is 6.82. The molecule has 17 heavy (non-hydrogen) atoms. The molecule has 2 aromatic rings. The zero-order valence-electron chi connectivity index (χ0n) is 9.64. The molecule has 0 amide bonds. The van der Waals surface area contributed by atoms with Crippen LogP contribution in [0.5, 0.6) is 5.75 Å². The second-order valence-electron chi connectivity index (χ2n) is 3.55. The summed E-state index contributed by atoms with van der Waals surface area (Å²) in [5, 5.41) is 16.2. The third kappa shape index (κ3) is 2.37. The summed E-state index contributed by atoms with van der Waals surface area (Å²) in [4.78, 5) is 0. The Kier molecular flexibility index (Phi) is 2.97. The van der Waals surface area contributed by atoms with E-state index in [4.69, 9.17) is 10.00 Å². The van der Waals surface area contributed by atoms with Crippen molar-refractivity contribution in [3.63, 3.8) is 0 Å². The molecular formula is C12H12N4O. The van der Waals surface area contributed by atoms with Crippen LogP contribution in [0.25, 0.3) is 0 Å². The second kappa shape index (κ2) is 4.58. The third-order valence-corrected chi connectivity index (χ3v) is 2.33. The lowest BCUT2D eigenvalue weighted by molar-refractivity contribution is 0.415. The molecule has 86 valence electrons. The highest BCUT2D eigenvalue weighted by atomic mass is 16.5. The van der Waals surface area contributed by atoms with Crippen LogP contribution in [-0.4, -0.2) is 16.9 Å². The number of benzene rings is 1. The van der Waals surface area contributed by atoms with Gasteiger partial charge in [-0.3, -0.25) is 4.68 Å². The van der Waals surface area contributed by atoms with Gasteiger partial charge in [0.1, 0.15) is 11.8 Å².